The largest absolute Gasteiger partial charge is 0.481 e. The minimum Gasteiger partial charge on any atom is -0.481 e. The number of carbonyl (C=O) groups is 2. The highest BCUT2D eigenvalue weighted by molar-refractivity contribution is 6.22. The third kappa shape index (κ3) is 7.61. The van der Waals surface area contributed by atoms with Gasteiger partial charge < -0.3 is 9.63 Å². The second-order valence-corrected chi connectivity index (χ2v) is 7.25. The zero-order valence-corrected chi connectivity index (χ0v) is 18.5. The first kappa shape index (κ1) is 24.7. The van der Waals surface area contributed by atoms with Crippen molar-refractivity contribution in [3.8, 4) is 0 Å². The number of amides is 1. The van der Waals surface area contributed by atoms with Gasteiger partial charge in [0.1, 0.15) is 17.4 Å². The summed E-state index contributed by atoms with van der Waals surface area (Å²) in [6.45, 7) is 5.27. The van der Waals surface area contributed by atoms with E-state index in [1.165, 1.54) is 29.2 Å². The molecule has 1 aromatic carbocycles. The average Bonchev–Trinajstić information content (AvgIpc) is 3.19. The number of anilines is 1. The number of rotatable bonds is 10. The lowest BCUT2D eigenvalue weighted by atomic mass is 10.1. The topological polar surface area (TPSA) is 96.0 Å². The lowest BCUT2D eigenvalue weighted by Crippen LogP contribution is -2.37. The Kier molecular flexibility index (Phi) is 9.53. The van der Waals surface area contributed by atoms with Gasteiger partial charge in [0, 0.05) is 37.1 Å². The number of allylic oxidation sites excluding steroid dienone is 2. The minimum absolute atomic E-state index is 0.0347. The van der Waals surface area contributed by atoms with Gasteiger partial charge in [-0.05, 0) is 57.9 Å². The van der Waals surface area contributed by atoms with Crippen LogP contribution in [0, 0.1) is 12.7 Å². The number of hydrogen-bond acceptors (Lipinski definition) is 5. The van der Waals surface area contributed by atoms with Crippen LogP contribution in [0.3, 0.4) is 0 Å². The molecule has 0 spiro atoms. The third-order valence-corrected chi connectivity index (χ3v) is 4.69. The van der Waals surface area contributed by atoms with E-state index in [0.29, 0.717) is 48.5 Å². The molecule has 0 radical (unpaired) electrons. The van der Waals surface area contributed by atoms with E-state index in [4.69, 9.17) is 9.63 Å². The first-order valence-corrected chi connectivity index (χ1v) is 10.4. The second-order valence-electron chi connectivity index (χ2n) is 7.25. The number of carboxylic acid groups (broad SMARTS) is 1. The Labute approximate surface area is 186 Å². The average molecular weight is 442 g/mol. The number of hydrogen-bond donors (Lipinski definition) is 1. The first-order chi connectivity index (χ1) is 15.3. The molecule has 1 aromatic heterocycles. The number of aromatic nitrogens is 1. The molecular weight excluding hydrogens is 413 g/mol. The van der Waals surface area contributed by atoms with Crippen molar-refractivity contribution >= 4 is 23.4 Å². The van der Waals surface area contributed by atoms with E-state index in [1.54, 1.807) is 32.2 Å². The van der Waals surface area contributed by atoms with E-state index in [9.17, 15) is 14.0 Å². The molecule has 0 aliphatic carbocycles. The molecular formula is C24H28FN3O4. The van der Waals surface area contributed by atoms with Gasteiger partial charge in [0.25, 0.3) is 5.91 Å². The fraction of sp³-hybridized carbons (Fsp3) is 0.333. The van der Waals surface area contributed by atoms with Crippen LogP contribution >= 0.6 is 0 Å². The summed E-state index contributed by atoms with van der Waals surface area (Å²) in [7, 11) is 0. The number of aryl methyl sites for hydroxylation is 1. The van der Waals surface area contributed by atoms with Crippen LogP contribution in [0.5, 0.6) is 0 Å². The van der Waals surface area contributed by atoms with E-state index in [-0.39, 0.29) is 12.3 Å². The molecule has 0 fully saturated rings. The lowest BCUT2D eigenvalue weighted by Gasteiger charge is -2.25. The predicted octanol–water partition coefficient (Wildman–Crippen LogP) is 5.22. The summed E-state index contributed by atoms with van der Waals surface area (Å²) in [6.07, 6.45) is 6.98. The molecule has 7 nitrogen and oxygen atoms in total. The molecule has 0 bridgehead atoms. The van der Waals surface area contributed by atoms with Crippen molar-refractivity contribution in [1.29, 1.82) is 0 Å². The molecule has 170 valence electrons. The third-order valence-electron chi connectivity index (χ3n) is 4.69. The number of unbranched alkanes of at least 4 members (excludes halogenated alkanes) is 1. The quantitative estimate of drug-likeness (QED) is 0.236. The van der Waals surface area contributed by atoms with Crippen molar-refractivity contribution in [2.45, 2.75) is 52.9 Å². The summed E-state index contributed by atoms with van der Waals surface area (Å²) in [6, 6.07) is 7.43. The Morgan fingerprint density at radius 2 is 1.91 bits per heavy atom. The van der Waals surface area contributed by atoms with Gasteiger partial charge in [0.15, 0.2) is 0 Å². The number of benzene rings is 1. The summed E-state index contributed by atoms with van der Waals surface area (Å²) in [5.41, 5.74) is 1.75. The predicted molar refractivity (Wildman–Crippen MR) is 121 cm³/mol. The lowest BCUT2D eigenvalue weighted by molar-refractivity contribution is -0.137. The van der Waals surface area contributed by atoms with E-state index >= 15 is 0 Å². The number of aliphatic imine (C=N–C) groups is 1. The van der Waals surface area contributed by atoms with Crippen LogP contribution in [0.1, 0.15) is 51.0 Å². The van der Waals surface area contributed by atoms with Gasteiger partial charge in [-0.1, -0.05) is 17.3 Å². The van der Waals surface area contributed by atoms with E-state index in [1.807, 2.05) is 13.0 Å². The molecule has 2 aromatic rings. The molecule has 0 atom stereocenters. The zero-order chi connectivity index (χ0) is 23.5. The van der Waals surface area contributed by atoms with Gasteiger partial charge >= 0.3 is 5.97 Å². The van der Waals surface area contributed by atoms with Crippen LogP contribution in [0.2, 0.25) is 0 Å². The number of halogens is 1. The van der Waals surface area contributed by atoms with Crippen molar-refractivity contribution in [3.63, 3.8) is 0 Å². The number of carboxylic acids is 1. The molecule has 0 aliphatic rings. The monoisotopic (exact) mass is 441 g/mol. The van der Waals surface area contributed by atoms with Crippen molar-refractivity contribution in [1.82, 2.24) is 5.16 Å². The van der Waals surface area contributed by atoms with Gasteiger partial charge in [-0.25, -0.2) is 9.38 Å². The summed E-state index contributed by atoms with van der Waals surface area (Å²) in [4.78, 5) is 30.0. The van der Waals surface area contributed by atoms with Crippen LogP contribution < -0.4 is 4.90 Å². The van der Waals surface area contributed by atoms with Gasteiger partial charge in [-0.2, -0.15) is 0 Å². The Morgan fingerprint density at radius 1 is 1.22 bits per heavy atom. The molecule has 2 rings (SSSR count). The van der Waals surface area contributed by atoms with Crippen LogP contribution in [-0.2, 0) is 16.0 Å². The van der Waals surface area contributed by atoms with Gasteiger partial charge in [-0.15, -0.1) is 0 Å². The smallest absolute Gasteiger partial charge is 0.303 e. The molecule has 1 N–H and O–H groups in total. The maximum atomic E-state index is 13.5. The van der Waals surface area contributed by atoms with Crippen molar-refractivity contribution in [3.05, 3.63) is 71.5 Å². The normalized spacial score (nSPS) is 12.4. The van der Waals surface area contributed by atoms with Gasteiger partial charge in [0.2, 0.25) is 0 Å². The Hall–Kier alpha value is -3.55. The summed E-state index contributed by atoms with van der Waals surface area (Å²) >= 11 is 0. The number of carbonyl (C=O) groups excluding carboxylic acids is 1. The van der Waals surface area contributed by atoms with E-state index in [2.05, 4.69) is 10.1 Å². The van der Waals surface area contributed by atoms with Crippen molar-refractivity contribution in [2.24, 2.45) is 4.99 Å². The molecule has 0 aliphatic heterocycles. The van der Waals surface area contributed by atoms with E-state index < -0.39 is 11.8 Å². The molecule has 1 heterocycles. The van der Waals surface area contributed by atoms with Crippen LogP contribution in [0.25, 0.3) is 0 Å². The first-order valence-electron chi connectivity index (χ1n) is 10.4. The second kappa shape index (κ2) is 12.3. The SMILES string of the molecule is C/C=C(\C)C(=O)N(C(CCCCC(=O)O)=N/C=C/Cc1cc(C)on1)c1ccc(F)cc1. The highest BCUT2D eigenvalue weighted by Gasteiger charge is 2.22. The summed E-state index contributed by atoms with van der Waals surface area (Å²) in [5, 5.41) is 12.8. The van der Waals surface area contributed by atoms with Gasteiger partial charge in [-0.3, -0.25) is 14.5 Å². The number of nitrogens with zero attached hydrogens (tertiary/aromatic N) is 3. The fourth-order valence-corrected chi connectivity index (χ4v) is 2.89. The molecule has 0 saturated heterocycles. The molecule has 0 unspecified atom stereocenters. The standard InChI is InChI=1S/C24H28FN3O4/c1-4-17(2)24(31)28(21-13-11-19(25)12-14-21)22(9-5-6-10-23(29)30)26-15-7-8-20-16-18(3)32-27-20/h4,7,11-16H,5-6,8-10H2,1-3H3,(H,29,30)/b15-7+,17-4+,26-22?. The molecule has 0 saturated carbocycles. The van der Waals surface area contributed by atoms with Crippen molar-refractivity contribution in [2.75, 3.05) is 4.90 Å². The molecule has 32 heavy (non-hydrogen) atoms. The Morgan fingerprint density at radius 3 is 2.50 bits per heavy atom. The van der Waals surface area contributed by atoms with Crippen LogP contribution in [0.15, 0.2) is 63.8 Å². The minimum atomic E-state index is -0.873. The summed E-state index contributed by atoms with van der Waals surface area (Å²) in [5.74, 6) is -0.405. The molecule has 1 amide bonds. The zero-order valence-electron chi connectivity index (χ0n) is 18.5. The number of amidine groups is 1. The van der Waals surface area contributed by atoms with Crippen molar-refractivity contribution < 1.29 is 23.6 Å². The summed E-state index contributed by atoms with van der Waals surface area (Å²) < 4.78 is 18.5. The molecule has 8 heteroatoms. The Balaban J connectivity index is 2.34. The maximum absolute atomic E-state index is 13.5. The van der Waals surface area contributed by atoms with Crippen LogP contribution in [-0.4, -0.2) is 28.0 Å². The Bertz CT molecular complexity index is 1010. The van der Waals surface area contributed by atoms with Crippen LogP contribution in [0.4, 0.5) is 10.1 Å². The highest BCUT2D eigenvalue weighted by atomic mass is 19.1. The van der Waals surface area contributed by atoms with Gasteiger partial charge in [0.05, 0.1) is 11.4 Å². The van der Waals surface area contributed by atoms with E-state index in [0.717, 1.165) is 5.69 Å². The highest BCUT2D eigenvalue weighted by Crippen LogP contribution is 2.21. The number of aliphatic carboxylic acids is 1. The fourth-order valence-electron chi connectivity index (χ4n) is 2.89. The maximum Gasteiger partial charge on any atom is 0.303 e.